The number of hydrogen-bond donors (Lipinski definition) is 2. The normalized spacial score (nSPS) is 19.8. The van der Waals surface area contributed by atoms with Crippen LogP contribution in [0.25, 0.3) is 0 Å². The first-order valence-electron chi connectivity index (χ1n) is 7.27. The Balaban J connectivity index is 2.03. The second-order valence-corrected chi connectivity index (χ2v) is 5.83. The number of anilines is 1. The molecule has 20 heavy (non-hydrogen) atoms. The van der Waals surface area contributed by atoms with Gasteiger partial charge in [0.1, 0.15) is 10.7 Å². The van der Waals surface area contributed by atoms with Crippen molar-refractivity contribution in [2.45, 2.75) is 45.2 Å². The van der Waals surface area contributed by atoms with Crippen LogP contribution in [0.5, 0.6) is 0 Å². The Bertz CT molecular complexity index is 436. The summed E-state index contributed by atoms with van der Waals surface area (Å²) in [7, 11) is 1.70. The molecule has 1 aliphatic heterocycles. The molecule has 0 saturated carbocycles. The molecule has 7 heteroatoms. The van der Waals surface area contributed by atoms with Gasteiger partial charge in [-0.25, -0.2) is 0 Å². The van der Waals surface area contributed by atoms with Crippen LogP contribution in [0.3, 0.4) is 0 Å². The van der Waals surface area contributed by atoms with Crippen molar-refractivity contribution < 1.29 is 4.79 Å². The molecule has 2 heterocycles. The molecule has 112 valence electrons. The molecule has 1 saturated heterocycles. The van der Waals surface area contributed by atoms with Gasteiger partial charge >= 0.3 is 0 Å². The third-order valence-corrected chi connectivity index (χ3v) is 4.33. The van der Waals surface area contributed by atoms with Gasteiger partial charge in [-0.05, 0) is 25.8 Å². The number of piperidine rings is 1. The number of nitrogens with one attached hydrogen (secondary N) is 2. The summed E-state index contributed by atoms with van der Waals surface area (Å²) in [5, 5.41) is 11.4. The van der Waals surface area contributed by atoms with Crippen molar-refractivity contribution in [1.29, 1.82) is 0 Å². The fraction of sp³-hybridized carbons (Fsp3) is 0.769. The van der Waals surface area contributed by atoms with Crippen LogP contribution in [0.4, 0.5) is 5.00 Å². The minimum Gasteiger partial charge on any atom is -0.374 e. The van der Waals surface area contributed by atoms with Crippen molar-refractivity contribution in [3.8, 4) is 0 Å². The highest BCUT2D eigenvalue weighted by atomic mass is 32.1. The molecule has 0 spiro atoms. The largest absolute Gasteiger partial charge is 0.374 e. The zero-order chi connectivity index (χ0) is 14.4. The van der Waals surface area contributed by atoms with Crippen LogP contribution in [-0.4, -0.2) is 46.6 Å². The highest BCUT2D eigenvalue weighted by Crippen LogP contribution is 2.24. The number of aromatic nitrogens is 2. The maximum Gasteiger partial charge on any atom is 0.237 e. The molecule has 0 bridgehead atoms. The van der Waals surface area contributed by atoms with Gasteiger partial charge in [0.25, 0.3) is 0 Å². The summed E-state index contributed by atoms with van der Waals surface area (Å²) >= 11 is 1.39. The standard InChI is InChI=1S/C13H23N5OS/c1-3-7-15-13-10(16-17-20-13)9-18-8-5-4-6-11(18)12(19)14-2/h11,15H,3-9H2,1-2H3,(H,14,19). The van der Waals surface area contributed by atoms with Crippen LogP contribution < -0.4 is 10.6 Å². The van der Waals surface area contributed by atoms with E-state index in [1.165, 1.54) is 11.5 Å². The average molecular weight is 297 g/mol. The second-order valence-electron chi connectivity index (χ2n) is 5.07. The Morgan fingerprint density at radius 2 is 2.35 bits per heavy atom. The molecule has 1 aliphatic rings. The molecule has 0 radical (unpaired) electrons. The van der Waals surface area contributed by atoms with Crippen LogP contribution in [0.15, 0.2) is 0 Å². The van der Waals surface area contributed by atoms with E-state index in [1.807, 2.05) is 0 Å². The molecule has 2 N–H and O–H groups in total. The molecule has 2 rings (SSSR count). The van der Waals surface area contributed by atoms with Crippen LogP contribution >= 0.6 is 11.5 Å². The highest BCUT2D eigenvalue weighted by Gasteiger charge is 2.29. The maximum absolute atomic E-state index is 12.0. The molecule has 1 fully saturated rings. The van der Waals surface area contributed by atoms with Crippen molar-refractivity contribution >= 4 is 22.4 Å². The van der Waals surface area contributed by atoms with Crippen LogP contribution in [0.2, 0.25) is 0 Å². The Hall–Kier alpha value is -1.21. The molecule has 1 aromatic heterocycles. The number of rotatable bonds is 6. The van der Waals surface area contributed by atoms with E-state index in [1.54, 1.807) is 7.05 Å². The predicted octanol–water partition coefficient (Wildman–Crippen LogP) is 1.46. The number of hydrogen-bond acceptors (Lipinski definition) is 6. The molecule has 1 aromatic rings. The van der Waals surface area contributed by atoms with Gasteiger partial charge in [-0.3, -0.25) is 9.69 Å². The lowest BCUT2D eigenvalue weighted by Gasteiger charge is -2.33. The van der Waals surface area contributed by atoms with Crippen LogP contribution in [0.1, 0.15) is 38.3 Å². The smallest absolute Gasteiger partial charge is 0.237 e. The third kappa shape index (κ3) is 3.67. The summed E-state index contributed by atoms with van der Waals surface area (Å²) in [6.07, 6.45) is 4.25. The number of likely N-dealkylation sites (tertiary alicyclic amines) is 1. The van der Waals surface area contributed by atoms with Crippen LogP contribution in [0, 0.1) is 0 Å². The quantitative estimate of drug-likeness (QED) is 0.832. The zero-order valence-electron chi connectivity index (χ0n) is 12.2. The molecule has 6 nitrogen and oxygen atoms in total. The predicted molar refractivity (Wildman–Crippen MR) is 80.8 cm³/mol. The summed E-state index contributed by atoms with van der Waals surface area (Å²) < 4.78 is 4.03. The van der Waals surface area contributed by atoms with Crippen molar-refractivity contribution in [2.24, 2.45) is 0 Å². The summed E-state index contributed by atoms with van der Waals surface area (Å²) in [6, 6.07) is -0.0329. The van der Waals surface area contributed by atoms with Gasteiger partial charge < -0.3 is 10.6 Å². The first kappa shape index (κ1) is 15.2. The summed E-state index contributed by atoms with van der Waals surface area (Å²) in [5.74, 6) is 0.107. The topological polar surface area (TPSA) is 70.2 Å². The number of nitrogens with zero attached hydrogens (tertiary/aromatic N) is 3. The number of carbonyl (C=O) groups excluding carboxylic acids is 1. The first-order valence-corrected chi connectivity index (χ1v) is 8.04. The van der Waals surface area contributed by atoms with Gasteiger partial charge in [-0.15, -0.1) is 5.10 Å². The lowest BCUT2D eigenvalue weighted by atomic mass is 10.0. The fourth-order valence-corrected chi connectivity index (χ4v) is 3.12. The summed E-state index contributed by atoms with van der Waals surface area (Å²) in [5.41, 5.74) is 0.958. The van der Waals surface area contributed by atoms with Crippen LogP contribution in [-0.2, 0) is 11.3 Å². The van der Waals surface area contributed by atoms with E-state index >= 15 is 0 Å². The molecule has 1 amide bonds. The van der Waals surface area contributed by atoms with E-state index in [9.17, 15) is 4.79 Å². The van der Waals surface area contributed by atoms with E-state index in [4.69, 9.17) is 0 Å². The van der Waals surface area contributed by atoms with Gasteiger partial charge in [0.15, 0.2) is 0 Å². The number of carbonyl (C=O) groups is 1. The molecular formula is C13H23N5OS. The molecule has 0 aromatic carbocycles. The lowest BCUT2D eigenvalue weighted by molar-refractivity contribution is -0.127. The Labute approximate surface area is 124 Å². The van der Waals surface area contributed by atoms with Crippen molar-refractivity contribution in [2.75, 3.05) is 25.5 Å². The maximum atomic E-state index is 12.0. The van der Waals surface area contributed by atoms with Gasteiger partial charge in [0.05, 0.1) is 6.04 Å². The fourth-order valence-electron chi connectivity index (χ4n) is 2.52. The average Bonchev–Trinajstić information content (AvgIpc) is 2.92. The molecule has 1 unspecified atom stereocenters. The van der Waals surface area contributed by atoms with Gasteiger partial charge in [0.2, 0.25) is 5.91 Å². The van der Waals surface area contributed by atoms with Gasteiger partial charge in [0, 0.05) is 31.7 Å². The first-order chi connectivity index (χ1) is 9.76. The third-order valence-electron chi connectivity index (χ3n) is 3.61. The highest BCUT2D eigenvalue weighted by molar-refractivity contribution is 7.10. The van der Waals surface area contributed by atoms with Crippen molar-refractivity contribution in [3.05, 3.63) is 5.69 Å². The molecular weight excluding hydrogens is 274 g/mol. The summed E-state index contributed by atoms with van der Waals surface area (Å²) in [6.45, 7) is 4.70. The van der Waals surface area contributed by atoms with Gasteiger partial charge in [-0.2, -0.15) is 0 Å². The van der Waals surface area contributed by atoms with Crippen molar-refractivity contribution in [1.82, 2.24) is 19.8 Å². The molecule has 1 atom stereocenters. The minimum atomic E-state index is -0.0329. The minimum absolute atomic E-state index is 0.0329. The lowest BCUT2D eigenvalue weighted by Crippen LogP contribution is -2.48. The van der Waals surface area contributed by atoms with E-state index in [2.05, 4.69) is 32.0 Å². The van der Waals surface area contributed by atoms with Gasteiger partial charge in [-0.1, -0.05) is 17.8 Å². The Kier molecular flexibility index (Phi) is 5.72. The monoisotopic (exact) mass is 297 g/mol. The second kappa shape index (κ2) is 7.54. The van der Waals surface area contributed by atoms with E-state index in [-0.39, 0.29) is 11.9 Å². The molecule has 0 aliphatic carbocycles. The Morgan fingerprint density at radius 1 is 1.50 bits per heavy atom. The number of amides is 1. The summed E-state index contributed by atoms with van der Waals surface area (Å²) in [4.78, 5) is 14.2. The Morgan fingerprint density at radius 3 is 3.10 bits per heavy atom. The van der Waals surface area contributed by atoms with Crippen molar-refractivity contribution in [3.63, 3.8) is 0 Å². The number of likely N-dealkylation sites (N-methyl/N-ethyl adjacent to an activating group) is 1. The van der Waals surface area contributed by atoms with E-state index in [0.29, 0.717) is 6.54 Å². The zero-order valence-corrected chi connectivity index (χ0v) is 13.0. The van der Waals surface area contributed by atoms with E-state index < -0.39 is 0 Å². The SMILES string of the molecule is CCCNc1snnc1CN1CCCCC1C(=O)NC. The van der Waals surface area contributed by atoms with E-state index in [0.717, 1.165) is 49.5 Å².